The van der Waals surface area contributed by atoms with Gasteiger partial charge in [-0.1, -0.05) is 29.8 Å². The summed E-state index contributed by atoms with van der Waals surface area (Å²) in [6.45, 7) is 7.60. The molecule has 1 unspecified atom stereocenters. The van der Waals surface area contributed by atoms with E-state index in [2.05, 4.69) is 0 Å². The van der Waals surface area contributed by atoms with Gasteiger partial charge in [0, 0.05) is 5.56 Å². The quantitative estimate of drug-likeness (QED) is 0.614. The van der Waals surface area contributed by atoms with Crippen LogP contribution < -0.4 is 10.0 Å². The van der Waals surface area contributed by atoms with Gasteiger partial charge in [0.05, 0.1) is 5.30 Å². The summed E-state index contributed by atoms with van der Waals surface area (Å²) >= 11 is 0. The summed E-state index contributed by atoms with van der Waals surface area (Å²) in [6.07, 6.45) is -0.636. The van der Waals surface area contributed by atoms with Crippen molar-refractivity contribution in [1.29, 1.82) is 0 Å². The third-order valence-corrected chi connectivity index (χ3v) is 4.13. The zero-order valence-electron chi connectivity index (χ0n) is 13.2. The van der Waals surface area contributed by atoms with Crippen LogP contribution in [-0.2, 0) is 4.57 Å². The van der Waals surface area contributed by atoms with E-state index in [1.807, 2.05) is 32.9 Å². The van der Waals surface area contributed by atoms with Gasteiger partial charge in [-0.15, -0.1) is 0 Å². The highest BCUT2D eigenvalue weighted by molar-refractivity contribution is 7.34. The predicted molar refractivity (Wildman–Crippen MR) is 88.8 cm³/mol. The van der Waals surface area contributed by atoms with E-state index in [0.717, 1.165) is 16.7 Å². The first-order valence-electron chi connectivity index (χ1n) is 7.15. The number of Topliss-reactive ketones (excluding diaryl/α,β-unsaturated/α-hetero) is 1. The van der Waals surface area contributed by atoms with Crippen molar-refractivity contribution in [2.24, 2.45) is 0 Å². The number of aryl methyl sites for hydroxylation is 3. The van der Waals surface area contributed by atoms with Gasteiger partial charge in [-0.2, -0.15) is 0 Å². The van der Waals surface area contributed by atoms with Gasteiger partial charge >= 0.3 is 0 Å². The number of ketones is 1. The van der Waals surface area contributed by atoms with E-state index < -0.39 is 6.10 Å². The fraction of sp³-hybridized carbons (Fsp3) is 0.278. The number of benzene rings is 2. The fourth-order valence-corrected chi connectivity index (χ4v) is 3.01. The van der Waals surface area contributed by atoms with Gasteiger partial charge in [-0.05, 0) is 51.0 Å². The average molecular weight is 314 g/mol. The first kappa shape index (κ1) is 16.4. The van der Waals surface area contributed by atoms with Crippen LogP contribution in [0.1, 0.15) is 34.0 Å². The third kappa shape index (κ3) is 3.42. The van der Waals surface area contributed by atoms with Gasteiger partial charge in [0.15, 0.2) is 14.6 Å². The van der Waals surface area contributed by atoms with Crippen molar-refractivity contribution in [1.82, 2.24) is 0 Å². The van der Waals surface area contributed by atoms with Crippen molar-refractivity contribution in [2.75, 3.05) is 0 Å². The minimum absolute atomic E-state index is 0.0626. The fourth-order valence-electron chi connectivity index (χ4n) is 2.65. The summed E-state index contributed by atoms with van der Waals surface area (Å²) in [4.78, 5) is 12.7. The molecule has 2 aromatic carbocycles. The number of ether oxygens (including phenoxy) is 1. The van der Waals surface area contributed by atoms with Crippen LogP contribution in [-0.4, -0.2) is 11.9 Å². The van der Waals surface area contributed by atoms with Gasteiger partial charge in [0.25, 0.3) is 0 Å². The number of hydrogen-bond donors (Lipinski definition) is 0. The molecule has 0 saturated heterocycles. The molecule has 0 amide bonds. The summed E-state index contributed by atoms with van der Waals surface area (Å²) in [7, 11) is -0.119. The van der Waals surface area contributed by atoms with Crippen LogP contribution in [0.4, 0.5) is 0 Å². The molecule has 0 radical (unpaired) electrons. The van der Waals surface area contributed by atoms with Crippen molar-refractivity contribution in [2.45, 2.75) is 33.8 Å². The summed E-state index contributed by atoms with van der Waals surface area (Å²) in [5.74, 6) is 0.412. The molecule has 22 heavy (non-hydrogen) atoms. The van der Waals surface area contributed by atoms with Crippen LogP contribution in [0.3, 0.4) is 0 Å². The molecule has 0 heterocycles. The van der Waals surface area contributed by atoms with Crippen LogP contribution in [0.15, 0.2) is 36.4 Å². The summed E-state index contributed by atoms with van der Waals surface area (Å²) in [5.41, 5.74) is 3.74. The molecule has 0 spiro atoms. The minimum atomic E-state index is -0.636. The third-order valence-electron chi connectivity index (χ3n) is 3.56. The maximum absolute atomic E-state index is 12.7. The van der Waals surface area contributed by atoms with Crippen LogP contribution in [0.5, 0.6) is 5.75 Å². The Balaban J connectivity index is 2.28. The molecule has 0 saturated carbocycles. The Kier molecular flexibility index (Phi) is 5.10. The maximum Gasteiger partial charge on any atom is 0.203 e. The van der Waals surface area contributed by atoms with E-state index in [9.17, 15) is 9.36 Å². The summed E-state index contributed by atoms with van der Waals surface area (Å²) in [5, 5.41) is 0.541. The number of carbonyl (C=O) groups excluding carboxylic acids is 1. The number of rotatable bonds is 5. The molecule has 0 aliphatic carbocycles. The molecule has 0 aromatic heterocycles. The average Bonchev–Trinajstić information content (AvgIpc) is 2.46. The van der Waals surface area contributed by atoms with Gasteiger partial charge in [0.1, 0.15) is 5.75 Å². The lowest BCUT2D eigenvalue weighted by molar-refractivity contribution is 0.0818. The van der Waals surface area contributed by atoms with E-state index in [4.69, 9.17) is 4.74 Å². The van der Waals surface area contributed by atoms with E-state index in [-0.39, 0.29) is 14.2 Å². The van der Waals surface area contributed by atoms with Crippen molar-refractivity contribution in [3.05, 3.63) is 58.7 Å². The van der Waals surface area contributed by atoms with Crippen molar-refractivity contribution in [3.63, 3.8) is 0 Å². The van der Waals surface area contributed by atoms with Crippen LogP contribution in [0.25, 0.3) is 0 Å². The van der Waals surface area contributed by atoms with Crippen LogP contribution in [0.2, 0.25) is 0 Å². The van der Waals surface area contributed by atoms with Gasteiger partial charge in [-0.25, -0.2) is 0 Å². The highest BCUT2D eigenvalue weighted by Crippen LogP contribution is 2.21. The van der Waals surface area contributed by atoms with E-state index in [1.165, 1.54) is 0 Å². The lowest BCUT2D eigenvalue weighted by atomic mass is 9.94. The van der Waals surface area contributed by atoms with E-state index >= 15 is 0 Å². The maximum atomic E-state index is 12.7. The molecule has 114 valence electrons. The SMILES string of the molecule is Cc1cc(C)c(C(=O)C(C)Oc2ccccc2P=O)c(C)c1. The first-order chi connectivity index (χ1) is 10.4. The second-order valence-electron chi connectivity index (χ2n) is 5.46. The number of hydrogen-bond acceptors (Lipinski definition) is 3. The van der Waals surface area contributed by atoms with E-state index in [1.54, 1.807) is 31.2 Å². The molecular formula is C18H19O3P. The predicted octanol–water partition coefficient (Wildman–Crippen LogP) is 4.18. The minimum Gasteiger partial charge on any atom is -0.481 e. The Labute approximate surface area is 132 Å². The Morgan fingerprint density at radius 3 is 2.27 bits per heavy atom. The first-order valence-corrected chi connectivity index (χ1v) is 7.96. The normalized spacial score (nSPS) is 12.2. The largest absolute Gasteiger partial charge is 0.481 e. The highest BCUT2D eigenvalue weighted by Gasteiger charge is 2.21. The number of carbonyl (C=O) groups is 1. The highest BCUT2D eigenvalue weighted by atomic mass is 31.1. The molecular weight excluding hydrogens is 295 g/mol. The lowest BCUT2D eigenvalue weighted by Gasteiger charge is -2.17. The molecule has 1 atom stereocenters. The van der Waals surface area contributed by atoms with Crippen LogP contribution in [0, 0.1) is 20.8 Å². The summed E-state index contributed by atoms with van der Waals surface area (Å²) in [6, 6.07) is 11.0. The zero-order valence-corrected chi connectivity index (χ0v) is 14.1. The monoisotopic (exact) mass is 314 g/mol. The standard InChI is InChI=1S/C18H19O3P/c1-11-9-12(2)17(13(3)10-11)18(19)14(4)21-15-7-5-6-8-16(15)22-20/h5-10,14H,1-4H3. The lowest BCUT2D eigenvalue weighted by Crippen LogP contribution is -2.26. The molecule has 0 aliphatic rings. The van der Waals surface area contributed by atoms with Crippen molar-refractivity contribution < 1.29 is 14.1 Å². The van der Waals surface area contributed by atoms with Crippen molar-refractivity contribution in [3.8, 4) is 5.75 Å². The molecule has 4 heteroatoms. The Bertz CT molecular complexity index is 699. The molecule has 0 aliphatic heterocycles. The van der Waals surface area contributed by atoms with Crippen molar-refractivity contribution >= 4 is 19.5 Å². The Morgan fingerprint density at radius 2 is 1.68 bits per heavy atom. The zero-order chi connectivity index (χ0) is 16.3. The second-order valence-corrected chi connectivity index (χ2v) is 6.12. The molecule has 0 bridgehead atoms. The van der Waals surface area contributed by atoms with E-state index in [0.29, 0.717) is 16.6 Å². The number of para-hydroxylation sites is 1. The smallest absolute Gasteiger partial charge is 0.203 e. The molecule has 2 rings (SSSR count). The molecule has 0 N–H and O–H groups in total. The Morgan fingerprint density at radius 1 is 1.09 bits per heavy atom. The van der Waals surface area contributed by atoms with Gasteiger partial charge in [0.2, 0.25) is 5.78 Å². The molecule has 2 aromatic rings. The topological polar surface area (TPSA) is 43.4 Å². The Hall–Kier alpha value is -1.99. The van der Waals surface area contributed by atoms with Gasteiger partial charge < -0.3 is 4.74 Å². The second kappa shape index (κ2) is 6.85. The summed E-state index contributed by atoms with van der Waals surface area (Å²) < 4.78 is 16.9. The van der Waals surface area contributed by atoms with Gasteiger partial charge in [-0.3, -0.25) is 9.36 Å². The van der Waals surface area contributed by atoms with Crippen LogP contribution >= 0.6 is 8.46 Å². The molecule has 0 fully saturated rings. The molecule has 3 nitrogen and oxygen atoms in total.